The highest BCUT2D eigenvalue weighted by Crippen LogP contribution is 2.12. The molecule has 1 heterocycles. The Balaban J connectivity index is 2.45. The van der Waals surface area contributed by atoms with Crippen LogP contribution in [-0.2, 0) is 14.4 Å². The Morgan fingerprint density at radius 2 is 2.73 bits per heavy atom. The number of nitrogens with zero attached hydrogens (tertiary/aromatic N) is 1. The lowest BCUT2D eigenvalue weighted by atomic mass is 10.2. The van der Waals surface area contributed by atoms with Gasteiger partial charge in [0.15, 0.2) is 5.71 Å². The van der Waals surface area contributed by atoms with Crippen LogP contribution in [0.15, 0.2) is 5.16 Å². The zero-order chi connectivity index (χ0) is 8.27. The summed E-state index contributed by atoms with van der Waals surface area (Å²) in [6, 6.07) is 0. The second-order valence-corrected chi connectivity index (χ2v) is 2.42. The van der Waals surface area contributed by atoms with Crippen LogP contribution in [-0.4, -0.2) is 30.8 Å². The first-order chi connectivity index (χ1) is 5.27. The number of oxime groups is 1. The molecule has 0 aromatic carbocycles. The van der Waals surface area contributed by atoms with E-state index >= 15 is 0 Å². The largest absolute Gasteiger partial charge is 0.464 e. The molecule has 0 aliphatic carbocycles. The Kier molecular flexibility index (Phi) is 2.70. The molecule has 62 valence electrons. The third-order valence-electron chi connectivity index (χ3n) is 1.33. The van der Waals surface area contributed by atoms with Crippen LogP contribution in [0, 0.1) is 0 Å². The Bertz CT molecular complexity index is 192. The summed E-state index contributed by atoms with van der Waals surface area (Å²) in [6.07, 6.45) is 0.265. The molecule has 0 amide bonds. The fraction of sp³-hybridized carbons (Fsp3) is 0.667. The van der Waals surface area contributed by atoms with Crippen LogP contribution in [0.3, 0.4) is 0 Å². The molecule has 1 atom stereocenters. The van der Waals surface area contributed by atoms with E-state index in [0.717, 1.165) is 0 Å². The number of alkyl halides is 1. The lowest BCUT2D eigenvalue weighted by Gasteiger charge is -1.99. The molecular weight excluding hydrogens is 170 g/mol. The average Bonchev–Trinajstić information content (AvgIpc) is 2.50. The molecule has 0 N–H and O–H groups in total. The van der Waals surface area contributed by atoms with E-state index in [9.17, 15) is 4.79 Å². The standard InChI is InChI=1S/C6H8ClNO3/c1-10-6(9)5-2-4(3-7)11-8-5/h4H,2-3H2,1H3/t4-/m1/s1. The van der Waals surface area contributed by atoms with Crippen molar-refractivity contribution in [2.45, 2.75) is 12.5 Å². The zero-order valence-electron chi connectivity index (χ0n) is 6.04. The SMILES string of the molecule is COC(=O)C1=NO[C@@H](CCl)C1. The van der Waals surface area contributed by atoms with Gasteiger partial charge in [-0.1, -0.05) is 5.16 Å². The van der Waals surface area contributed by atoms with E-state index < -0.39 is 5.97 Å². The molecule has 0 fully saturated rings. The predicted octanol–water partition coefficient (Wildman–Crippen LogP) is 0.543. The number of hydrogen-bond acceptors (Lipinski definition) is 4. The quantitative estimate of drug-likeness (QED) is 0.457. The van der Waals surface area contributed by atoms with Crippen LogP contribution in [0.4, 0.5) is 0 Å². The molecule has 1 aliphatic heterocycles. The monoisotopic (exact) mass is 177 g/mol. The van der Waals surface area contributed by atoms with E-state index in [4.69, 9.17) is 16.4 Å². The Morgan fingerprint density at radius 1 is 2.00 bits per heavy atom. The fourth-order valence-electron chi connectivity index (χ4n) is 0.749. The van der Waals surface area contributed by atoms with Crippen LogP contribution in [0.2, 0.25) is 0 Å². The summed E-state index contributed by atoms with van der Waals surface area (Å²) in [5.74, 6) is -0.109. The van der Waals surface area contributed by atoms with Crippen LogP contribution in [0.25, 0.3) is 0 Å². The van der Waals surface area contributed by atoms with E-state index in [1.807, 2.05) is 0 Å². The Morgan fingerprint density at radius 3 is 3.18 bits per heavy atom. The molecule has 5 heteroatoms. The van der Waals surface area contributed by atoms with Gasteiger partial charge in [0.1, 0.15) is 6.10 Å². The Hall–Kier alpha value is -0.770. The van der Waals surface area contributed by atoms with Gasteiger partial charge in [-0.2, -0.15) is 0 Å². The van der Waals surface area contributed by atoms with Crippen molar-refractivity contribution >= 4 is 23.3 Å². The van der Waals surface area contributed by atoms with Gasteiger partial charge in [-0.3, -0.25) is 0 Å². The summed E-state index contributed by atoms with van der Waals surface area (Å²) in [6.45, 7) is 0. The number of esters is 1. The third kappa shape index (κ3) is 1.83. The fourth-order valence-corrected chi connectivity index (χ4v) is 0.915. The Labute approximate surface area is 69.1 Å². The second-order valence-electron chi connectivity index (χ2n) is 2.12. The molecule has 0 aromatic heterocycles. The van der Waals surface area contributed by atoms with Crippen molar-refractivity contribution in [1.29, 1.82) is 0 Å². The van der Waals surface area contributed by atoms with Gasteiger partial charge in [-0.05, 0) is 0 Å². The summed E-state index contributed by atoms with van der Waals surface area (Å²) < 4.78 is 4.43. The summed E-state index contributed by atoms with van der Waals surface area (Å²) in [7, 11) is 1.30. The van der Waals surface area contributed by atoms with Gasteiger partial charge in [0.2, 0.25) is 0 Å². The molecule has 4 nitrogen and oxygen atoms in total. The van der Waals surface area contributed by atoms with Crippen molar-refractivity contribution in [2.24, 2.45) is 5.16 Å². The zero-order valence-corrected chi connectivity index (χ0v) is 6.80. The summed E-state index contributed by atoms with van der Waals surface area (Å²) in [5.41, 5.74) is 0.304. The molecule has 1 aliphatic rings. The number of carbonyl (C=O) groups excluding carboxylic acids is 1. The number of rotatable bonds is 2. The van der Waals surface area contributed by atoms with Crippen molar-refractivity contribution in [3.8, 4) is 0 Å². The van der Waals surface area contributed by atoms with Gasteiger partial charge in [-0.15, -0.1) is 11.6 Å². The first-order valence-corrected chi connectivity index (χ1v) is 3.68. The maximum Gasteiger partial charge on any atom is 0.355 e. The molecule has 0 saturated carbocycles. The lowest BCUT2D eigenvalue weighted by molar-refractivity contribution is -0.132. The minimum Gasteiger partial charge on any atom is -0.464 e. The number of halogens is 1. The molecule has 0 aromatic rings. The third-order valence-corrected chi connectivity index (χ3v) is 1.67. The number of ether oxygens (including phenoxy) is 1. The highest BCUT2D eigenvalue weighted by atomic mass is 35.5. The van der Waals surface area contributed by atoms with Crippen LogP contribution >= 0.6 is 11.6 Å². The highest BCUT2D eigenvalue weighted by molar-refractivity contribution is 6.36. The highest BCUT2D eigenvalue weighted by Gasteiger charge is 2.25. The molecular formula is C6H8ClNO3. The van der Waals surface area contributed by atoms with Crippen molar-refractivity contribution < 1.29 is 14.4 Å². The summed E-state index contributed by atoms with van der Waals surface area (Å²) in [4.78, 5) is 15.6. The molecule has 0 unspecified atom stereocenters. The number of methoxy groups -OCH3 is 1. The van der Waals surface area contributed by atoms with Crippen molar-refractivity contribution in [3.05, 3.63) is 0 Å². The van der Waals surface area contributed by atoms with Gasteiger partial charge in [0.25, 0.3) is 0 Å². The molecule has 0 spiro atoms. The lowest BCUT2D eigenvalue weighted by Crippen LogP contribution is -2.17. The smallest absolute Gasteiger partial charge is 0.355 e. The molecule has 0 bridgehead atoms. The van der Waals surface area contributed by atoms with Gasteiger partial charge in [0, 0.05) is 6.42 Å². The molecule has 0 radical (unpaired) electrons. The van der Waals surface area contributed by atoms with Gasteiger partial charge in [-0.25, -0.2) is 4.79 Å². The predicted molar refractivity (Wildman–Crippen MR) is 39.7 cm³/mol. The summed E-state index contributed by atoms with van der Waals surface area (Å²) in [5, 5.41) is 3.52. The first-order valence-electron chi connectivity index (χ1n) is 3.15. The van der Waals surface area contributed by atoms with E-state index in [1.54, 1.807) is 0 Å². The molecule has 11 heavy (non-hydrogen) atoms. The topological polar surface area (TPSA) is 47.9 Å². The summed E-state index contributed by atoms with van der Waals surface area (Å²) >= 11 is 5.47. The minimum absolute atomic E-state index is 0.175. The maximum atomic E-state index is 10.8. The van der Waals surface area contributed by atoms with E-state index in [1.165, 1.54) is 7.11 Å². The van der Waals surface area contributed by atoms with Gasteiger partial charge in [0.05, 0.1) is 13.0 Å². The average molecular weight is 178 g/mol. The molecule has 0 saturated heterocycles. The van der Waals surface area contributed by atoms with Crippen molar-refractivity contribution in [1.82, 2.24) is 0 Å². The van der Waals surface area contributed by atoms with Gasteiger partial charge >= 0.3 is 5.97 Å². The normalized spacial score (nSPS) is 22.4. The van der Waals surface area contributed by atoms with E-state index in [0.29, 0.717) is 18.0 Å². The number of hydrogen-bond donors (Lipinski definition) is 0. The minimum atomic E-state index is -0.447. The first kappa shape index (κ1) is 8.33. The maximum absolute atomic E-state index is 10.8. The van der Waals surface area contributed by atoms with Crippen LogP contribution in [0.5, 0.6) is 0 Å². The van der Waals surface area contributed by atoms with Crippen molar-refractivity contribution in [2.75, 3.05) is 13.0 Å². The second kappa shape index (κ2) is 3.57. The molecule has 1 rings (SSSR count). The van der Waals surface area contributed by atoms with Crippen LogP contribution in [0.1, 0.15) is 6.42 Å². The van der Waals surface area contributed by atoms with Crippen LogP contribution < -0.4 is 0 Å². The van der Waals surface area contributed by atoms with E-state index in [-0.39, 0.29) is 6.10 Å². The van der Waals surface area contributed by atoms with E-state index in [2.05, 4.69) is 9.89 Å². The van der Waals surface area contributed by atoms with Gasteiger partial charge < -0.3 is 9.57 Å². The number of carbonyl (C=O) groups is 1. The van der Waals surface area contributed by atoms with Crippen molar-refractivity contribution in [3.63, 3.8) is 0 Å².